The van der Waals surface area contributed by atoms with Gasteiger partial charge in [0.1, 0.15) is 5.82 Å². The molecular formula is C12H14FN. The van der Waals surface area contributed by atoms with Crippen molar-refractivity contribution in [3.8, 4) is 0 Å². The van der Waals surface area contributed by atoms with Crippen LogP contribution in [0.4, 0.5) is 4.39 Å². The molecule has 1 N–H and O–H groups in total. The third-order valence-electron chi connectivity index (χ3n) is 2.75. The van der Waals surface area contributed by atoms with E-state index in [0.29, 0.717) is 0 Å². The Morgan fingerprint density at radius 1 is 1.29 bits per heavy atom. The number of benzene rings is 1. The van der Waals surface area contributed by atoms with Gasteiger partial charge in [0.2, 0.25) is 0 Å². The second-order valence-electron chi connectivity index (χ2n) is 3.79. The van der Waals surface area contributed by atoms with Crippen LogP contribution in [-0.4, -0.2) is 12.6 Å². The van der Waals surface area contributed by atoms with Crippen molar-refractivity contribution in [2.24, 2.45) is 0 Å². The maximum Gasteiger partial charge on any atom is 0.123 e. The summed E-state index contributed by atoms with van der Waals surface area (Å²) in [4.78, 5) is 0. The van der Waals surface area contributed by atoms with Gasteiger partial charge in [0.15, 0.2) is 0 Å². The predicted octanol–water partition coefficient (Wildman–Crippen LogP) is 2.59. The van der Waals surface area contributed by atoms with Gasteiger partial charge in [-0.2, -0.15) is 0 Å². The lowest BCUT2D eigenvalue weighted by Crippen LogP contribution is -2.23. The van der Waals surface area contributed by atoms with E-state index in [1.165, 1.54) is 25.0 Å². The molecule has 1 fully saturated rings. The Morgan fingerprint density at radius 3 is 2.43 bits per heavy atom. The number of nitrogens with one attached hydrogen (secondary N) is 1. The van der Waals surface area contributed by atoms with Gasteiger partial charge in [0, 0.05) is 5.54 Å². The zero-order chi connectivity index (χ0) is 10.0. The summed E-state index contributed by atoms with van der Waals surface area (Å²) in [5, 5.41) is 3.27. The number of halogens is 1. The molecule has 0 heterocycles. The highest BCUT2D eigenvalue weighted by atomic mass is 19.1. The first-order chi connectivity index (χ1) is 6.74. The topological polar surface area (TPSA) is 12.0 Å². The molecule has 0 amide bonds. The van der Waals surface area contributed by atoms with Crippen molar-refractivity contribution in [2.45, 2.75) is 18.4 Å². The Labute approximate surface area is 83.6 Å². The van der Waals surface area contributed by atoms with Gasteiger partial charge in [0.25, 0.3) is 0 Å². The zero-order valence-electron chi connectivity index (χ0n) is 8.26. The molecule has 0 aliphatic heterocycles. The summed E-state index contributed by atoms with van der Waals surface area (Å²) in [6, 6.07) is 6.55. The standard InChI is InChI=1S/C12H14FN/c1-14-12(8-9-12)7-6-10-2-4-11(13)5-3-10/h2-7,14H,8-9H2,1H3/b7-6+. The van der Waals surface area contributed by atoms with Crippen LogP contribution in [0.25, 0.3) is 6.08 Å². The van der Waals surface area contributed by atoms with Gasteiger partial charge in [0.05, 0.1) is 0 Å². The summed E-state index contributed by atoms with van der Waals surface area (Å²) in [7, 11) is 1.97. The lowest BCUT2D eigenvalue weighted by atomic mass is 10.1. The minimum Gasteiger partial charge on any atom is -0.311 e. The van der Waals surface area contributed by atoms with Crippen LogP contribution in [0.15, 0.2) is 30.3 Å². The van der Waals surface area contributed by atoms with Crippen LogP contribution >= 0.6 is 0 Å². The van der Waals surface area contributed by atoms with Gasteiger partial charge in [-0.3, -0.25) is 0 Å². The van der Waals surface area contributed by atoms with Crippen molar-refractivity contribution in [3.05, 3.63) is 41.7 Å². The molecule has 1 aromatic carbocycles. The molecule has 0 aromatic heterocycles. The fourth-order valence-electron chi connectivity index (χ4n) is 1.46. The van der Waals surface area contributed by atoms with E-state index in [2.05, 4.69) is 11.4 Å². The molecule has 0 saturated heterocycles. The predicted molar refractivity (Wildman–Crippen MR) is 56.5 cm³/mol. The van der Waals surface area contributed by atoms with Crippen LogP contribution in [0.2, 0.25) is 0 Å². The molecule has 0 radical (unpaired) electrons. The van der Waals surface area contributed by atoms with Crippen molar-refractivity contribution in [1.29, 1.82) is 0 Å². The third-order valence-corrected chi connectivity index (χ3v) is 2.75. The Balaban J connectivity index is 2.07. The summed E-state index contributed by atoms with van der Waals surface area (Å²) < 4.78 is 12.6. The Bertz CT molecular complexity index is 336. The van der Waals surface area contributed by atoms with Crippen LogP contribution in [0.1, 0.15) is 18.4 Å². The highest BCUT2D eigenvalue weighted by Gasteiger charge is 2.37. The minimum absolute atomic E-state index is 0.183. The first-order valence-electron chi connectivity index (χ1n) is 4.88. The third kappa shape index (κ3) is 2.02. The van der Waals surface area contributed by atoms with Crippen molar-refractivity contribution in [3.63, 3.8) is 0 Å². The molecule has 1 saturated carbocycles. The number of hydrogen-bond donors (Lipinski definition) is 1. The van der Waals surface area contributed by atoms with Crippen LogP contribution in [0, 0.1) is 5.82 Å². The van der Waals surface area contributed by atoms with Crippen LogP contribution < -0.4 is 5.32 Å². The van der Waals surface area contributed by atoms with E-state index >= 15 is 0 Å². The summed E-state index contributed by atoms with van der Waals surface area (Å²) in [5.41, 5.74) is 1.27. The highest BCUT2D eigenvalue weighted by Crippen LogP contribution is 2.36. The summed E-state index contributed by atoms with van der Waals surface area (Å²) in [6.45, 7) is 0. The van der Waals surface area contributed by atoms with E-state index in [0.717, 1.165) is 5.56 Å². The summed E-state index contributed by atoms with van der Waals surface area (Å²) in [5.74, 6) is -0.183. The fraction of sp³-hybridized carbons (Fsp3) is 0.333. The zero-order valence-corrected chi connectivity index (χ0v) is 8.26. The minimum atomic E-state index is -0.183. The van der Waals surface area contributed by atoms with Crippen LogP contribution in [0.3, 0.4) is 0 Å². The normalized spacial score (nSPS) is 18.7. The second kappa shape index (κ2) is 3.54. The smallest absolute Gasteiger partial charge is 0.123 e. The van der Waals surface area contributed by atoms with E-state index in [1.54, 1.807) is 12.1 Å². The molecule has 2 heteroatoms. The SMILES string of the molecule is CNC1(/C=C/c2ccc(F)cc2)CC1. The number of hydrogen-bond acceptors (Lipinski definition) is 1. The Kier molecular flexibility index (Phi) is 2.38. The molecule has 1 aromatic rings. The van der Waals surface area contributed by atoms with Crippen molar-refractivity contribution >= 4 is 6.08 Å². The first kappa shape index (κ1) is 9.41. The van der Waals surface area contributed by atoms with Crippen molar-refractivity contribution < 1.29 is 4.39 Å². The van der Waals surface area contributed by atoms with Gasteiger partial charge >= 0.3 is 0 Å². The Hall–Kier alpha value is -1.15. The molecule has 74 valence electrons. The van der Waals surface area contributed by atoms with Gasteiger partial charge in [-0.05, 0) is 37.6 Å². The largest absolute Gasteiger partial charge is 0.311 e. The lowest BCUT2D eigenvalue weighted by molar-refractivity contribution is 0.627. The molecular weight excluding hydrogens is 177 g/mol. The van der Waals surface area contributed by atoms with E-state index in [1.807, 2.05) is 13.1 Å². The molecule has 0 atom stereocenters. The number of rotatable bonds is 3. The average molecular weight is 191 g/mol. The van der Waals surface area contributed by atoms with Gasteiger partial charge < -0.3 is 5.32 Å². The second-order valence-corrected chi connectivity index (χ2v) is 3.79. The molecule has 0 unspecified atom stereocenters. The Morgan fingerprint density at radius 2 is 1.93 bits per heavy atom. The molecule has 0 spiro atoms. The fourth-order valence-corrected chi connectivity index (χ4v) is 1.46. The van der Waals surface area contributed by atoms with Gasteiger partial charge in [-0.1, -0.05) is 24.3 Å². The maximum atomic E-state index is 12.6. The number of likely N-dealkylation sites (N-methyl/N-ethyl adjacent to an activating group) is 1. The lowest BCUT2D eigenvalue weighted by Gasteiger charge is -2.06. The van der Waals surface area contributed by atoms with Gasteiger partial charge in [-0.15, -0.1) is 0 Å². The molecule has 14 heavy (non-hydrogen) atoms. The average Bonchev–Trinajstić information content (AvgIpc) is 2.98. The first-order valence-corrected chi connectivity index (χ1v) is 4.88. The van der Waals surface area contributed by atoms with E-state index in [-0.39, 0.29) is 11.4 Å². The maximum absolute atomic E-state index is 12.6. The quantitative estimate of drug-likeness (QED) is 0.774. The van der Waals surface area contributed by atoms with E-state index < -0.39 is 0 Å². The molecule has 1 aliphatic carbocycles. The summed E-state index contributed by atoms with van der Waals surface area (Å²) in [6.07, 6.45) is 6.60. The highest BCUT2D eigenvalue weighted by molar-refractivity contribution is 5.51. The van der Waals surface area contributed by atoms with Crippen molar-refractivity contribution in [1.82, 2.24) is 5.32 Å². The summed E-state index contributed by atoms with van der Waals surface area (Å²) >= 11 is 0. The molecule has 1 nitrogen and oxygen atoms in total. The van der Waals surface area contributed by atoms with Crippen molar-refractivity contribution in [2.75, 3.05) is 7.05 Å². The van der Waals surface area contributed by atoms with E-state index in [4.69, 9.17) is 0 Å². The van der Waals surface area contributed by atoms with Crippen LogP contribution in [-0.2, 0) is 0 Å². The monoisotopic (exact) mass is 191 g/mol. The van der Waals surface area contributed by atoms with Gasteiger partial charge in [-0.25, -0.2) is 4.39 Å². The molecule has 0 bridgehead atoms. The van der Waals surface area contributed by atoms with Crippen LogP contribution in [0.5, 0.6) is 0 Å². The molecule has 1 aliphatic rings. The molecule has 2 rings (SSSR count). The van der Waals surface area contributed by atoms with E-state index in [9.17, 15) is 4.39 Å².